The number of benzene rings is 1. The van der Waals surface area contributed by atoms with Gasteiger partial charge in [-0.3, -0.25) is 4.68 Å². The van der Waals surface area contributed by atoms with Crippen LogP contribution in [-0.2, 0) is 6.54 Å². The van der Waals surface area contributed by atoms with E-state index in [0.29, 0.717) is 0 Å². The molecule has 0 radical (unpaired) electrons. The van der Waals surface area contributed by atoms with E-state index in [9.17, 15) is 0 Å². The van der Waals surface area contributed by atoms with Crippen molar-refractivity contribution >= 4 is 0 Å². The third kappa shape index (κ3) is 3.83. The van der Waals surface area contributed by atoms with Crippen LogP contribution in [0.1, 0.15) is 25.5 Å². The van der Waals surface area contributed by atoms with Gasteiger partial charge < -0.3 is 10.1 Å². The van der Waals surface area contributed by atoms with Crippen molar-refractivity contribution < 1.29 is 4.74 Å². The molecule has 1 aromatic carbocycles. The van der Waals surface area contributed by atoms with Crippen LogP contribution >= 0.6 is 0 Å². The Bertz CT molecular complexity index is 481. The van der Waals surface area contributed by atoms with Gasteiger partial charge in [-0.05, 0) is 19.0 Å². The van der Waals surface area contributed by atoms with Crippen LogP contribution in [-0.4, -0.2) is 22.9 Å². The summed E-state index contributed by atoms with van der Waals surface area (Å²) in [6.45, 7) is 6.73. The van der Waals surface area contributed by atoms with Crippen LogP contribution in [0.25, 0.3) is 0 Å². The second kappa shape index (κ2) is 6.95. The van der Waals surface area contributed by atoms with E-state index in [1.54, 1.807) is 6.20 Å². The molecule has 1 N–H and O–H groups in total. The van der Waals surface area contributed by atoms with Crippen molar-refractivity contribution in [3.8, 4) is 5.75 Å². The molecule has 0 saturated carbocycles. The van der Waals surface area contributed by atoms with Gasteiger partial charge in [-0.2, -0.15) is 5.10 Å². The lowest BCUT2D eigenvalue weighted by molar-refractivity contribution is 0.202. The zero-order chi connectivity index (χ0) is 13.5. The Balaban J connectivity index is 2.09. The van der Waals surface area contributed by atoms with E-state index in [1.807, 2.05) is 29.1 Å². The van der Waals surface area contributed by atoms with E-state index in [0.717, 1.165) is 25.4 Å². The van der Waals surface area contributed by atoms with Crippen molar-refractivity contribution in [1.29, 1.82) is 0 Å². The Morgan fingerprint density at radius 3 is 2.68 bits per heavy atom. The molecule has 19 heavy (non-hydrogen) atoms. The Morgan fingerprint density at radius 2 is 2.05 bits per heavy atom. The first-order valence-corrected chi connectivity index (χ1v) is 6.78. The Morgan fingerprint density at radius 1 is 1.26 bits per heavy atom. The average Bonchev–Trinajstić information content (AvgIpc) is 2.92. The summed E-state index contributed by atoms with van der Waals surface area (Å²) in [6.07, 6.45) is 3.71. The molecule has 4 heteroatoms. The maximum atomic E-state index is 6.04. The van der Waals surface area contributed by atoms with Crippen molar-refractivity contribution in [2.75, 3.05) is 13.1 Å². The van der Waals surface area contributed by atoms with E-state index in [2.05, 4.69) is 36.4 Å². The molecule has 0 amide bonds. The first kappa shape index (κ1) is 13.6. The Hall–Kier alpha value is -1.81. The lowest BCUT2D eigenvalue weighted by Gasteiger charge is -2.18. The zero-order valence-corrected chi connectivity index (χ0v) is 11.5. The number of hydrogen-bond donors (Lipinski definition) is 1. The average molecular weight is 259 g/mol. The fraction of sp³-hybridized carbons (Fsp3) is 0.400. The lowest BCUT2D eigenvalue weighted by atomic mass is 10.1. The first-order valence-electron chi connectivity index (χ1n) is 6.78. The van der Waals surface area contributed by atoms with Crippen LogP contribution < -0.4 is 10.1 Å². The number of hydrogen-bond acceptors (Lipinski definition) is 3. The van der Waals surface area contributed by atoms with E-state index in [1.165, 1.54) is 5.56 Å². The van der Waals surface area contributed by atoms with Crippen LogP contribution in [0.2, 0.25) is 0 Å². The predicted molar refractivity (Wildman–Crippen MR) is 76.3 cm³/mol. The third-order valence-electron chi connectivity index (χ3n) is 2.96. The van der Waals surface area contributed by atoms with E-state index < -0.39 is 0 Å². The first-order chi connectivity index (χ1) is 9.33. The van der Waals surface area contributed by atoms with Gasteiger partial charge in [-0.25, -0.2) is 0 Å². The highest BCUT2D eigenvalue weighted by Crippen LogP contribution is 2.20. The highest BCUT2D eigenvalue weighted by atomic mass is 16.5. The standard InChI is InChI=1S/C15H21N3O/c1-3-16-11-15(13-8-6-5-7-9-13)19-14-10-17-18(4-2)12-14/h5-10,12,15-16H,3-4,11H2,1-2H3. The van der Waals surface area contributed by atoms with Gasteiger partial charge in [0.25, 0.3) is 0 Å². The smallest absolute Gasteiger partial charge is 0.158 e. The largest absolute Gasteiger partial charge is 0.481 e. The van der Waals surface area contributed by atoms with Crippen molar-refractivity contribution in [3.05, 3.63) is 48.3 Å². The minimum atomic E-state index is 0.00987. The van der Waals surface area contributed by atoms with Gasteiger partial charge in [-0.15, -0.1) is 0 Å². The summed E-state index contributed by atoms with van der Waals surface area (Å²) in [5.41, 5.74) is 1.17. The summed E-state index contributed by atoms with van der Waals surface area (Å²) < 4.78 is 7.90. The summed E-state index contributed by atoms with van der Waals surface area (Å²) in [5.74, 6) is 0.814. The number of rotatable bonds is 7. The molecule has 0 aliphatic rings. The number of nitrogens with one attached hydrogen (secondary N) is 1. The molecule has 0 spiro atoms. The lowest BCUT2D eigenvalue weighted by Crippen LogP contribution is -2.24. The molecule has 1 unspecified atom stereocenters. The topological polar surface area (TPSA) is 39.1 Å². The van der Waals surface area contributed by atoms with Gasteiger partial charge in [0.15, 0.2) is 5.75 Å². The number of nitrogens with zero attached hydrogens (tertiary/aromatic N) is 2. The fourth-order valence-electron chi connectivity index (χ4n) is 1.91. The summed E-state index contributed by atoms with van der Waals surface area (Å²) >= 11 is 0. The number of aromatic nitrogens is 2. The molecule has 0 aliphatic carbocycles. The second-order valence-corrected chi connectivity index (χ2v) is 4.36. The van der Waals surface area contributed by atoms with Gasteiger partial charge in [0.2, 0.25) is 0 Å². The monoisotopic (exact) mass is 259 g/mol. The van der Waals surface area contributed by atoms with E-state index >= 15 is 0 Å². The van der Waals surface area contributed by atoms with Crippen LogP contribution in [0.3, 0.4) is 0 Å². The van der Waals surface area contributed by atoms with Gasteiger partial charge in [0.05, 0.1) is 12.4 Å². The number of aryl methyl sites for hydroxylation is 1. The number of likely N-dealkylation sites (N-methyl/N-ethyl adjacent to an activating group) is 1. The van der Waals surface area contributed by atoms with Crippen molar-refractivity contribution in [2.45, 2.75) is 26.5 Å². The predicted octanol–water partition coefficient (Wildman–Crippen LogP) is 2.63. The SMILES string of the molecule is CCNCC(Oc1cnn(CC)c1)c1ccccc1. The maximum absolute atomic E-state index is 6.04. The van der Waals surface area contributed by atoms with Crippen LogP contribution in [0.15, 0.2) is 42.7 Å². The summed E-state index contributed by atoms with van der Waals surface area (Å²) in [4.78, 5) is 0. The summed E-state index contributed by atoms with van der Waals surface area (Å²) in [6, 6.07) is 10.3. The minimum absolute atomic E-state index is 0.00987. The number of ether oxygens (including phenoxy) is 1. The van der Waals surface area contributed by atoms with E-state index in [4.69, 9.17) is 4.74 Å². The quantitative estimate of drug-likeness (QED) is 0.831. The van der Waals surface area contributed by atoms with Crippen molar-refractivity contribution in [3.63, 3.8) is 0 Å². The molecule has 0 saturated heterocycles. The molecular weight excluding hydrogens is 238 g/mol. The molecule has 1 heterocycles. The third-order valence-corrected chi connectivity index (χ3v) is 2.96. The molecule has 0 fully saturated rings. The molecule has 1 atom stereocenters. The van der Waals surface area contributed by atoms with Crippen LogP contribution in [0.5, 0.6) is 5.75 Å². The molecule has 4 nitrogen and oxygen atoms in total. The van der Waals surface area contributed by atoms with Gasteiger partial charge in [0.1, 0.15) is 6.10 Å². The Kier molecular flexibility index (Phi) is 4.98. The maximum Gasteiger partial charge on any atom is 0.158 e. The van der Waals surface area contributed by atoms with Gasteiger partial charge in [-0.1, -0.05) is 37.3 Å². The molecule has 0 bridgehead atoms. The van der Waals surface area contributed by atoms with Crippen LogP contribution in [0, 0.1) is 0 Å². The fourth-order valence-corrected chi connectivity index (χ4v) is 1.91. The van der Waals surface area contributed by atoms with Crippen molar-refractivity contribution in [1.82, 2.24) is 15.1 Å². The van der Waals surface area contributed by atoms with Gasteiger partial charge >= 0.3 is 0 Å². The molecular formula is C15H21N3O. The van der Waals surface area contributed by atoms with Gasteiger partial charge in [0, 0.05) is 13.1 Å². The highest BCUT2D eigenvalue weighted by Gasteiger charge is 2.13. The zero-order valence-electron chi connectivity index (χ0n) is 11.5. The molecule has 2 aromatic rings. The highest BCUT2D eigenvalue weighted by molar-refractivity contribution is 5.21. The Labute approximate surface area is 114 Å². The minimum Gasteiger partial charge on any atom is -0.481 e. The normalized spacial score (nSPS) is 12.3. The van der Waals surface area contributed by atoms with Crippen molar-refractivity contribution in [2.24, 2.45) is 0 Å². The van der Waals surface area contributed by atoms with Crippen LogP contribution in [0.4, 0.5) is 0 Å². The second-order valence-electron chi connectivity index (χ2n) is 4.36. The van der Waals surface area contributed by atoms with E-state index in [-0.39, 0.29) is 6.10 Å². The summed E-state index contributed by atoms with van der Waals surface area (Å²) in [7, 11) is 0. The summed E-state index contributed by atoms with van der Waals surface area (Å²) in [5, 5.41) is 7.57. The molecule has 0 aliphatic heterocycles. The molecule has 1 aromatic heterocycles. The molecule has 102 valence electrons. The molecule has 2 rings (SSSR count).